The molecule has 0 aromatic carbocycles. The van der Waals surface area contributed by atoms with Crippen LogP contribution in [0.5, 0.6) is 0 Å². The van der Waals surface area contributed by atoms with Gasteiger partial charge in [-0.3, -0.25) is 0 Å². The summed E-state index contributed by atoms with van der Waals surface area (Å²) >= 11 is 0. The third kappa shape index (κ3) is 1.81. The molecule has 0 bridgehead atoms. The van der Waals surface area contributed by atoms with E-state index in [1.807, 2.05) is 6.33 Å². The fraction of sp³-hybridized carbons (Fsp3) is 0.750. The second-order valence-corrected chi connectivity index (χ2v) is 5.26. The Hall–Kier alpha value is -0.830. The molecular formula is C12H19N3. The summed E-state index contributed by atoms with van der Waals surface area (Å²) < 4.78 is 2.23. The summed E-state index contributed by atoms with van der Waals surface area (Å²) in [6.07, 6.45) is 11.9. The van der Waals surface area contributed by atoms with Crippen molar-refractivity contribution in [3.63, 3.8) is 0 Å². The molecule has 15 heavy (non-hydrogen) atoms. The highest BCUT2D eigenvalue weighted by molar-refractivity contribution is 5.19. The van der Waals surface area contributed by atoms with Gasteiger partial charge in [-0.05, 0) is 31.6 Å². The van der Waals surface area contributed by atoms with Gasteiger partial charge in [0.1, 0.15) is 0 Å². The predicted octanol–water partition coefficient (Wildman–Crippen LogP) is 2.02. The topological polar surface area (TPSA) is 43.8 Å². The van der Waals surface area contributed by atoms with Crippen LogP contribution in [0.4, 0.5) is 0 Å². The van der Waals surface area contributed by atoms with Crippen LogP contribution >= 0.6 is 0 Å². The van der Waals surface area contributed by atoms with Crippen molar-refractivity contribution in [2.45, 2.75) is 50.6 Å². The Balaban J connectivity index is 1.68. The SMILES string of the molecule is NC1(c2cn(CC3CCCC3)cn2)CC1. The molecule has 1 aromatic rings. The normalized spacial score (nSPS) is 24.6. The number of hydrogen-bond acceptors (Lipinski definition) is 2. The van der Waals surface area contributed by atoms with Crippen molar-refractivity contribution in [2.24, 2.45) is 11.7 Å². The van der Waals surface area contributed by atoms with E-state index in [0.717, 1.165) is 31.0 Å². The van der Waals surface area contributed by atoms with E-state index < -0.39 is 0 Å². The molecule has 0 amide bonds. The summed E-state index contributed by atoms with van der Waals surface area (Å²) in [5, 5.41) is 0. The van der Waals surface area contributed by atoms with Crippen molar-refractivity contribution >= 4 is 0 Å². The average molecular weight is 205 g/mol. The highest BCUT2D eigenvalue weighted by Gasteiger charge is 2.42. The van der Waals surface area contributed by atoms with Gasteiger partial charge in [0.15, 0.2) is 0 Å². The molecule has 1 aromatic heterocycles. The summed E-state index contributed by atoms with van der Waals surface area (Å²) in [5.41, 5.74) is 7.14. The molecule has 3 heteroatoms. The minimum atomic E-state index is -0.0685. The molecular weight excluding hydrogens is 186 g/mol. The Morgan fingerprint density at radius 1 is 1.40 bits per heavy atom. The zero-order valence-corrected chi connectivity index (χ0v) is 9.15. The van der Waals surface area contributed by atoms with Gasteiger partial charge in [-0.25, -0.2) is 4.98 Å². The Bertz CT molecular complexity index is 346. The van der Waals surface area contributed by atoms with Crippen molar-refractivity contribution in [3.8, 4) is 0 Å². The molecule has 82 valence electrons. The van der Waals surface area contributed by atoms with E-state index in [1.54, 1.807) is 0 Å². The molecule has 3 nitrogen and oxygen atoms in total. The van der Waals surface area contributed by atoms with E-state index in [0.29, 0.717) is 0 Å². The minimum absolute atomic E-state index is 0.0685. The summed E-state index contributed by atoms with van der Waals surface area (Å²) in [6.45, 7) is 1.14. The molecule has 0 aliphatic heterocycles. The first kappa shape index (κ1) is 9.40. The van der Waals surface area contributed by atoms with Crippen LogP contribution < -0.4 is 5.73 Å². The first-order valence-corrected chi connectivity index (χ1v) is 6.07. The lowest BCUT2D eigenvalue weighted by Crippen LogP contribution is -2.19. The van der Waals surface area contributed by atoms with Crippen LogP contribution in [0.1, 0.15) is 44.2 Å². The zero-order valence-electron chi connectivity index (χ0n) is 9.15. The number of rotatable bonds is 3. The van der Waals surface area contributed by atoms with Crippen LogP contribution in [0.15, 0.2) is 12.5 Å². The summed E-state index contributed by atoms with van der Waals surface area (Å²) in [6, 6.07) is 0. The first-order chi connectivity index (χ1) is 7.26. The average Bonchev–Trinajstić information content (AvgIpc) is 2.75. The summed E-state index contributed by atoms with van der Waals surface area (Å²) in [4.78, 5) is 4.43. The van der Waals surface area contributed by atoms with Gasteiger partial charge < -0.3 is 10.3 Å². The van der Waals surface area contributed by atoms with Crippen LogP contribution in [0.2, 0.25) is 0 Å². The van der Waals surface area contributed by atoms with Gasteiger partial charge in [0.05, 0.1) is 17.6 Å². The van der Waals surface area contributed by atoms with E-state index in [9.17, 15) is 0 Å². The van der Waals surface area contributed by atoms with Gasteiger partial charge in [-0.15, -0.1) is 0 Å². The van der Waals surface area contributed by atoms with E-state index in [2.05, 4.69) is 15.7 Å². The van der Waals surface area contributed by atoms with Crippen molar-refractivity contribution in [1.82, 2.24) is 9.55 Å². The van der Waals surface area contributed by atoms with Crippen molar-refractivity contribution < 1.29 is 0 Å². The number of nitrogens with two attached hydrogens (primary N) is 1. The molecule has 1 heterocycles. The lowest BCUT2D eigenvalue weighted by Gasteiger charge is -2.09. The maximum Gasteiger partial charge on any atom is 0.0950 e. The Morgan fingerprint density at radius 3 is 2.80 bits per heavy atom. The molecule has 2 fully saturated rings. The zero-order chi connectivity index (χ0) is 10.3. The Morgan fingerprint density at radius 2 is 2.13 bits per heavy atom. The number of aromatic nitrogens is 2. The van der Waals surface area contributed by atoms with Crippen LogP contribution in [0.25, 0.3) is 0 Å². The lowest BCUT2D eigenvalue weighted by atomic mass is 10.1. The van der Waals surface area contributed by atoms with Gasteiger partial charge in [-0.1, -0.05) is 12.8 Å². The highest BCUT2D eigenvalue weighted by Crippen LogP contribution is 2.41. The molecule has 3 rings (SSSR count). The number of nitrogens with zero attached hydrogens (tertiary/aromatic N) is 2. The number of imidazole rings is 1. The fourth-order valence-electron chi connectivity index (χ4n) is 2.60. The Labute approximate surface area is 90.7 Å². The smallest absolute Gasteiger partial charge is 0.0950 e. The van der Waals surface area contributed by atoms with Gasteiger partial charge >= 0.3 is 0 Å². The quantitative estimate of drug-likeness (QED) is 0.820. The predicted molar refractivity (Wildman–Crippen MR) is 59.3 cm³/mol. The molecule has 0 spiro atoms. The van der Waals surface area contributed by atoms with E-state index in [4.69, 9.17) is 5.73 Å². The van der Waals surface area contributed by atoms with Crippen LogP contribution in [0, 0.1) is 5.92 Å². The van der Waals surface area contributed by atoms with E-state index in [-0.39, 0.29) is 5.54 Å². The lowest BCUT2D eigenvalue weighted by molar-refractivity contribution is 0.456. The van der Waals surface area contributed by atoms with Crippen molar-refractivity contribution in [3.05, 3.63) is 18.2 Å². The third-order valence-electron chi connectivity index (χ3n) is 3.88. The van der Waals surface area contributed by atoms with Gasteiger partial charge in [0.2, 0.25) is 0 Å². The molecule has 0 saturated heterocycles. The monoisotopic (exact) mass is 205 g/mol. The van der Waals surface area contributed by atoms with Crippen LogP contribution in [-0.2, 0) is 12.1 Å². The Kier molecular flexibility index (Phi) is 2.09. The van der Waals surface area contributed by atoms with E-state index >= 15 is 0 Å². The fourth-order valence-corrected chi connectivity index (χ4v) is 2.60. The third-order valence-corrected chi connectivity index (χ3v) is 3.88. The van der Waals surface area contributed by atoms with Crippen LogP contribution in [0.3, 0.4) is 0 Å². The maximum absolute atomic E-state index is 6.11. The molecule has 0 unspecified atom stereocenters. The molecule has 2 aliphatic carbocycles. The second-order valence-electron chi connectivity index (χ2n) is 5.26. The largest absolute Gasteiger partial charge is 0.337 e. The maximum atomic E-state index is 6.11. The second kappa shape index (κ2) is 3.34. The van der Waals surface area contributed by atoms with Crippen molar-refractivity contribution in [1.29, 1.82) is 0 Å². The summed E-state index contributed by atoms with van der Waals surface area (Å²) in [7, 11) is 0. The molecule has 0 radical (unpaired) electrons. The highest BCUT2D eigenvalue weighted by atomic mass is 15.1. The molecule has 2 aliphatic rings. The van der Waals surface area contributed by atoms with Gasteiger partial charge in [-0.2, -0.15) is 0 Å². The first-order valence-electron chi connectivity index (χ1n) is 6.07. The van der Waals surface area contributed by atoms with Crippen molar-refractivity contribution in [2.75, 3.05) is 0 Å². The van der Waals surface area contributed by atoms with Crippen LogP contribution in [-0.4, -0.2) is 9.55 Å². The van der Waals surface area contributed by atoms with Gasteiger partial charge in [0, 0.05) is 12.7 Å². The van der Waals surface area contributed by atoms with E-state index in [1.165, 1.54) is 25.7 Å². The molecule has 2 N–H and O–H groups in total. The summed E-state index contributed by atoms with van der Waals surface area (Å²) in [5.74, 6) is 0.875. The number of hydrogen-bond donors (Lipinski definition) is 1. The molecule has 2 saturated carbocycles. The van der Waals surface area contributed by atoms with Gasteiger partial charge in [0.25, 0.3) is 0 Å². The standard InChI is InChI=1S/C12H19N3/c13-12(5-6-12)11-8-15(9-14-11)7-10-3-1-2-4-10/h8-10H,1-7,13H2. The minimum Gasteiger partial charge on any atom is -0.337 e. The molecule has 0 atom stereocenters.